The second kappa shape index (κ2) is 11.8. The van der Waals surface area contributed by atoms with Gasteiger partial charge in [0.1, 0.15) is 18.2 Å². The highest BCUT2D eigenvalue weighted by atomic mass is 19.1. The Morgan fingerprint density at radius 2 is 1.91 bits per heavy atom. The molecule has 0 spiro atoms. The van der Waals surface area contributed by atoms with Gasteiger partial charge in [0.05, 0.1) is 13.2 Å². The molecule has 0 aliphatic heterocycles. The minimum atomic E-state index is -0.928. The van der Waals surface area contributed by atoms with E-state index in [1.54, 1.807) is 0 Å². The third-order valence-electron chi connectivity index (χ3n) is 5.97. The second-order valence-electron chi connectivity index (χ2n) is 9.64. The summed E-state index contributed by atoms with van der Waals surface area (Å²) in [6, 6.07) is 12.6. The third kappa shape index (κ3) is 7.30. The van der Waals surface area contributed by atoms with Crippen LogP contribution in [-0.2, 0) is 11.3 Å². The summed E-state index contributed by atoms with van der Waals surface area (Å²) in [5.74, 6) is -0.546. The Labute approximate surface area is 205 Å². The maximum Gasteiger partial charge on any atom is 0.407 e. The predicted molar refractivity (Wildman–Crippen MR) is 130 cm³/mol. The first-order valence-electron chi connectivity index (χ1n) is 11.8. The number of nitrogens with one attached hydrogen (secondary N) is 1. The molecule has 8 nitrogen and oxygen atoms in total. The van der Waals surface area contributed by atoms with Crippen LogP contribution in [0.4, 0.5) is 15.0 Å². The van der Waals surface area contributed by atoms with Gasteiger partial charge in [-0.3, -0.25) is 0 Å². The SMILES string of the molecule is CC(C)(C)N(C(=O)O)C1CCC(Nc2nc(OCCOCc3ccccc3)c(C#N)cc2F)CC1. The number of anilines is 1. The summed E-state index contributed by atoms with van der Waals surface area (Å²) in [7, 11) is 0. The van der Waals surface area contributed by atoms with Crippen molar-refractivity contribution in [2.24, 2.45) is 0 Å². The molecule has 0 unspecified atom stereocenters. The van der Waals surface area contributed by atoms with Gasteiger partial charge in [0.15, 0.2) is 11.6 Å². The third-order valence-corrected chi connectivity index (χ3v) is 5.97. The highest BCUT2D eigenvalue weighted by Crippen LogP contribution is 2.31. The van der Waals surface area contributed by atoms with Crippen LogP contribution in [0.3, 0.4) is 0 Å². The number of pyridine rings is 1. The van der Waals surface area contributed by atoms with Gasteiger partial charge in [0.25, 0.3) is 0 Å². The van der Waals surface area contributed by atoms with Crippen LogP contribution in [0.5, 0.6) is 5.88 Å². The lowest BCUT2D eigenvalue weighted by Crippen LogP contribution is -2.52. The van der Waals surface area contributed by atoms with E-state index in [-0.39, 0.29) is 36.0 Å². The van der Waals surface area contributed by atoms with Crippen LogP contribution in [0.15, 0.2) is 36.4 Å². The molecule has 2 aromatic rings. The molecule has 0 bridgehead atoms. The summed E-state index contributed by atoms with van der Waals surface area (Å²) >= 11 is 0. The molecule has 1 saturated carbocycles. The van der Waals surface area contributed by atoms with Crippen LogP contribution in [0.25, 0.3) is 0 Å². The number of carbonyl (C=O) groups is 1. The van der Waals surface area contributed by atoms with Crippen LogP contribution in [0.1, 0.15) is 57.6 Å². The van der Waals surface area contributed by atoms with Crippen molar-refractivity contribution in [2.45, 2.75) is 70.7 Å². The van der Waals surface area contributed by atoms with Gasteiger partial charge in [-0.05, 0) is 52.0 Å². The number of hydrogen-bond donors (Lipinski definition) is 2. The highest BCUT2D eigenvalue weighted by molar-refractivity contribution is 5.66. The summed E-state index contributed by atoms with van der Waals surface area (Å²) in [4.78, 5) is 17.5. The first-order chi connectivity index (χ1) is 16.7. The predicted octanol–water partition coefficient (Wildman–Crippen LogP) is 5.19. The van der Waals surface area contributed by atoms with E-state index in [0.29, 0.717) is 38.9 Å². The zero-order valence-electron chi connectivity index (χ0n) is 20.5. The first-order valence-corrected chi connectivity index (χ1v) is 11.8. The molecule has 1 aromatic carbocycles. The fourth-order valence-electron chi connectivity index (χ4n) is 4.39. The molecule has 1 aliphatic carbocycles. The van der Waals surface area contributed by atoms with Crippen LogP contribution < -0.4 is 10.1 Å². The van der Waals surface area contributed by atoms with E-state index in [9.17, 15) is 19.6 Å². The molecule has 1 fully saturated rings. The molecular formula is C26H33FN4O4. The van der Waals surface area contributed by atoms with Gasteiger partial charge in [-0.15, -0.1) is 0 Å². The molecular weight excluding hydrogens is 451 g/mol. The van der Waals surface area contributed by atoms with Gasteiger partial charge in [-0.1, -0.05) is 30.3 Å². The van der Waals surface area contributed by atoms with Crippen molar-refractivity contribution in [3.8, 4) is 11.9 Å². The van der Waals surface area contributed by atoms with Crippen molar-refractivity contribution in [1.29, 1.82) is 5.26 Å². The first kappa shape index (κ1) is 26.2. The standard InChI is InChI=1S/C26H33FN4O4/c1-26(2,3)31(25(32)33)21-11-9-20(10-12-21)29-23-22(27)15-19(16-28)24(30-23)35-14-13-34-17-18-7-5-4-6-8-18/h4-8,15,20-21H,9-14,17H2,1-3H3,(H,29,30)(H,32,33). The molecule has 1 heterocycles. The number of nitriles is 1. The van der Waals surface area contributed by atoms with Crippen molar-refractivity contribution in [1.82, 2.24) is 9.88 Å². The lowest BCUT2D eigenvalue weighted by atomic mass is 9.88. The van der Waals surface area contributed by atoms with Crippen LogP contribution in [0.2, 0.25) is 0 Å². The zero-order chi connectivity index (χ0) is 25.4. The van der Waals surface area contributed by atoms with Crippen molar-refractivity contribution in [3.63, 3.8) is 0 Å². The van der Waals surface area contributed by atoms with Gasteiger partial charge in [0.2, 0.25) is 5.88 Å². The van der Waals surface area contributed by atoms with E-state index in [1.165, 1.54) is 4.90 Å². The summed E-state index contributed by atoms with van der Waals surface area (Å²) < 4.78 is 25.8. The Morgan fingerprint density at radius 3 is 2.51 bits per heavy atom. The van der Waals surface area contributed by atoms with Gasteiger partial charge in [-0.25, -0.2) is 9.18 Å². The maximum atomic E-state index is 14.6. The molecule has 188 valence electrons. The van der Waals surface area contributed by atoms with Gasteiger partial charge >= 0.3 is 6.09 Å². The number of benzene rings is 1. The Morgan fingerprint density at radius 1 is 1.23 bits per heavy atom. The molecule has 9 heteroatoms. The maximum absolute atomic E-state index is 14.6. The summed E-state index contributed by atoms with van der Waals surface area (Å²) in [6.07, 6.45) is 1.76. The van der Waals surface area contributed by atoms with E-state index in [0.717, 1.165) is 11.6 Å². The monoisotopic (exact) mass is 484 g/mol. The number of carboxylic acid groups (broad SMARTS) is 1. The van der Waals surface area contributed by atoms with E-state index >= 15 is 0 Å². The molecule has 1 aromatic heterocycles. The fourth-order valence-corrected chi connectivity index (χ4v) is 4.39. The molecule has 1 aliphatic rings. The smallest absolute Gasteiger partial charge is 0.407 e. The number of nitrogens with zero attached hydrogens (tertiary/aromatic N) is 3. The Kier molecular flexibility index (Phi) is 8.88. The van der Waals surface area contributed by atoms with Crippen molar-refractivity contribution < 1.29 is 23.8 Å². The summed E-state index contributed by atoms with van der Waals surface area (Å²) in [5, 5.41) is 22.1. The number of halogens is 1. The normalized spacial score (nSPS) is 17.9. The minimum absolute atomic E-state index is 0.0158. The number of amides is 1. The molecule has 1 amide bonds. The average Bonchev–Trinajstić information content (AvgIpc) is 2.81. The summed E-state index contributed by atoms with van der Waals surface area (Å²) in [6.45, 7) is 6.55. The Balaban J connectivity index is 1.55. The van der Waals surface area contributed by atoms with E-state index < -0.39 is 17.4 Å². The molecule has 0 saturated heterocycles. The second-order valence-corrected chi connectivity index (χ2v) is 9.64. The molecule has 3 rings (SSSR count). The van der Waals surface area contributed by atoms with Gasteiger partial charge in [-0.2, -0.15) is 10.2 Å². The van der Waals surface area contributed by atoms with E-state index in [4.69, 9.17) is 9.47 Å². The minimum Gasteiger partial charge on any atom is -0.474 e. The quantitative estimate of drug-likeness (QED) is 0.472. The van der Waals surface area contributed by atoms with Gasteiger partial charge in [0, 0.05) is 23.7 Å². The Bertz CT molecular complexity index is 1030. The molecule has 0 radical (unpaired) electrons. The Hall–Kier alpha value is -3.38. The van der Waals surface area contributed by atoms with E-state index in [1.807, 2.05) is 57.2 Å². The lowest BCUT2D eigenvalue weighted by Gasteiger charge is -2.42. The molecule has 35 heavy (non-hydrogen) atoms. The number of ether oxygens (including phenoxy) is 2. The van der Waals surface area contributed by atoms with Crippen LogP contribution in [0, 0.1) is 17.1 Å². The van der Waals surface area contributed by atoms with E-state index in [2.05, 4.69) is 10.3 Å². The zero-order valence-corrected chi connectivity index (χ0v) is 20.5. The number of aromatic nitrogens is 1. The largest absolute Gasteiger partial charge is 0.474 e. The van der Waals surface area contributed by atoms with Crippen molar-refractivity contribution in [3.05, 3.63) is 53.3 Å². The number of rotatable bonds is 9. The van der Waals surface area contributed by atoms with Gasteiger partial charge < -0.3 is 24.8 Å². The van der Waals surface area contributed by atoms with Crippen molar-refractivity contribution >= 4 is 11.9 Å². The average molecular weight is 485 g/mol. The van der Waals surface area contributed by atoms with Crippen LogP contribution >= 0.6 is 0 Å². The topological polar surface area (TPSA) is 108 Å². The fraction of sp³-hybridized carbons (Fsp3) is 0.500. The summed E-state index contributed by atoms with van der Waals surface area (Å²) in [5.41, 5.74) is 0.566. The molecule has 2 N–H and O–H groups in total. The lowest BCUT2D eigenvalue weighted by molar-refractivity contribution is 0.0556. The number of hydrogen-bond acceptors (Lipinski definition) is 6. The van der Waals surface area contributed by atoms with Crippen molar-refractivity contribution in [2.75, 3.05) is 18.5 Å². The molecule has 0 atom stereocenters. The highest BCUT2D eigenvalue weighted by Gasteiger charge is 2.35. The van der Waals surface area contributed by atoms with Crippen LogP contribution in [-0.4, -0.2) is 51.9 Å².